The van der Waals surface area contributed by atoms with E-state index in [1.165, 1.54) is 32.4 Å². The van der Waals surface area contributed by atoms with E-state index in [0.717, 1.165) is 0 Å². The number of esters is 1. The maximum Gasteiger partial charge on any atom is 0.339 e. The highest BCUT2D eigenvalue weighted by atomic mass is 35.5. The molecule has 0 aliphatic carbocycles. The number of benzene rings is 2. The fourth-order valence-electron chi connectivity index (χ4n) is 2.04. The average molecular weight is 370 g/mol. The molecule has 6 nitrogen and oxygen atoms in total. The van der Waals surface area contributed by atoms with Gasteiger partial charge in [-0.3, -0.25) is 0 Å². The number of hydrogen-bond donors (Lipinski definition) is 1. The van der Waals surface area contributed by atoms with E-state index in [1.54, 1.807) is 24.3 Å². The van der Waals surface area contributed by atoms with Gasteiger partial charge in [-0.05, 0) is 24.3 Å². The van der Waals surface area contributed by atoms with Crippen molar-refractivity contribution >= 4 is 27.6 Å². The molecular weight excluding hydrogens is 354 g/mol. The zero-order valence-electron chi connectivity index (χ0n) is 13.1. The second-order valence-corrected chi connectivity index (χ2v) is 6.94. The summed E-state index contributed by atoms with van der Waals surface area (Å²) in [6.07, 6.45) is 0. The van der Waals surface area contributed by atoms with Crippen LogP contribution in [0.15, 0.2) is 47.4 Å². The van der Waals surface area contributed by atoms with Crippen molar-refractivity contribution in [2.24, 2.45) is 0 Å². The lowest BCUT2D eigenvalue weighted by molar-refractivity contribution is 0.0600. The third kappa shape index (κ3) is 4.05. The molecule has 0 spiro atoms. The van der Waals surface area contributed by atoms with Crippen LogP contribution in [0.2, 0.25) is 5.02 Å². The van der Waals surface area contributed by atoms with Crippen LogP contribution in [-0.2, 0) is 21.3 Å². The van der Waals surface area contributed by atoms with Gasteiger partial charge in [0.2, 0.25) is 10.0 Å². The average Bonchev–Trinajstić information content (AvgIpc) is 2.59. The first-order valence-electron chi connectivity index (χ1n) is 6.88. The number of para-hydroxylation sites is 1. The van der Waals surface area contributed by atoms with Crippen LogP contribution in [0.3, 0.4) is 0 Å². The maximum atomic E-state index is 12.4. The Morgan fingerprint density at radius 2 is 1.88 bits per heavy atom. The van der Waals surface area contributed by atoms with Crippen molar-refractivity contribution in [3.8, 4) is 5.75 Å². The first kappa shape index (κ1) is 18.3. The van der Waals surface area contributed by atoms with Crippen molar-refractivity contribution < 1.29 is 22.7 Å². The van der Waals surface area contributed by atoms with Crippen molar-refractivity contribution in [2.45, 2.75) is 11.4 Å². The third-order valence-electron chi connectivity index (χ3n) is 3.30. The van der Waals surface area contributed by atoms with Gasteiger partial charge < -0.3 is 9.47 Å². The summed E-state index contributed by atoms with van der Waals surface area (Å²) < 4.78 is 37.1. The molecule has 24 heavy (non-hydrogen) atoms. The number of ether oxygens (including phenoxy) is 2. The predicted molar refractivity (Wildman–Crippen MR) is 89.8 cm³/mol. The molecule has 0 aromatic heterocycles. The minimum atomic E-state index is -3.84. The lowest BCUT2D eigenvalue weighted by Gasteiger charge is -2.11. The fourth-order valence-corrected chi connectivity index (χ4v) is 3.27. The smallest absolute Gasteiger partial charge is 0.339 e. The van der Waals surface area contributed by atoms with Gasteiger partial charge in [0, 0.05) is 12.1 Å². The number of carbonyl (C=O) groups is 1. The van der Waals surface area contributed by atoms with Crippen LogP contribution >= 0.6 is 11.6 Å². The summed E-state index contributed by atoms with van der Waals surface area (Å²) in [6, 6.07) is 10.9. The van der Waals surface area contributed by atoms with E-state index in [1.807, 2.05) is 0 Å². The molecule has 0 saturated carbocycles. The summed E-state index contributed by atoms with van der Waals surface area (Å²) in [5, 5.41) is 0.116. The highest BCUT2D eigenvalue weighted by Gasteiger charge is 2.19. The van der Waals surface area contributed by atoms with Crippen molar-refractivity contribution in [3.63, 3.8) is 0 Å². The van der Waals surface area contributed by atoms with Crippen LogP contribution in [0, 0.1) is 0 Å². The van der Waals surface area contributed by atoms with E-state index in [9.17, 15) is 13.2 Å². The number of carbonyl (C=O) groups excluding carboxylic acids is 1. The van der Waals surface area contributed by atoms with Gasteiger partial charge in [-0.15, -0.1) is 0 Å². The van der Waals surface area contributed by atoms with Crippen molar-refractivity contribution in [2.75, 3.05) is 14.2 Å². The second kappa shape index (κ2) is 7.65. The molecule has 0 radical (unpaired) electrons. The summed E-state index contributed by atoms with van der Waals surface area (Å²) in [7, 11) is -1.13. The molecule has 0 fully saturated rings. The molecule has 0 saturated heterocycles. The summed E-state index contributed by atoms with van der Waals surface area (Å²) in [5.41, 5.74) is 0.671. The molecule has 0 heterocycles. The van der Waals surface area contributed by atoms with Crippen molar-refractivity contribution in [1.29, 1.82) is 0 Å². The molecule has 0 atom stereocenters. The van der Waals surface area contributed by atoms with Gasteiger partial charge in [-0.2, -0.15) is 0 Å². The standard InChI is InChI=1S/C16H16ClNO5S/c1-22-15-6-4-3-5-11(15)10-18-24(20,21)12-7-8-14(17)13(9-12)16(19)23-2/h3-9,18H,10H2,1-2H3. The van der Waals surface area contributed by atoms with Gasteiger partial charge in [0.1, 0.15) is 5.75 Å². The molecule has 0 bridgehead atoms. The van der Waals surface area contributed by atoms with Crippen LogP contribution in [0.5, 0.6) is 5.75 Å². The molecule has 8 heteroatoms. The largest absolute Gasteiger partial charge is 0.496 e. The van der Waals surface area contributed by atoms with Crippen LogP contribution < -0.4 is 9.46 Å². The Kier molecular flexibility index (Phi) is 5.82. The van der Waals surface area contributed by atoms with E-state index in [2.05, 4.69) is 9.46 Å². The zero-order valence-corrected chi connectivity index (χ0v) is 14.6. The van der Waals surface area contributed by atoms with E-state index in [-0.39, 0.29) is 22.0 Å². The Morgan fingerprint density at radius 1 is 1.17 bits per heavy atom. The number of halogens is 1. The number of methoxy groups -OCH3 is 2. The van der Waals surface area contributed by atoms with Gasteiger partial charge in [0.25, 0.3) is 0 Å². The molecule has 128 valence electrons. The molecule has 1 N–H and O–H groups in total. The van der Waals surface area contributed by atoms with E-state index in [0.29, 0.717) is 11.3 Å². The molecule has 0 aliphatic rings. The van der Waals surface area contributed by atoms with Gasteiger partial charge in [-0.1, -0.05) is 29.8 Å². The normalized spacial score (nSPS) is 11.1. The Bertz CT molecular complexity index is 851. The number of rotatable bonds is 6. The molecule has 2 rings (SSSR count). The van der Waals surface area contributed by atoms with E-state index >= 15 is 0 Å². The predicted octanol–water partition coefficient (Wildman–Crippen LogP) is 2.61. The lowest BCUT2D eigenvalue weighted by Crippen LogP contribution is -2.24. The highest BCUT2D eigenvalue weighted by molar-refractivity contribution is 7.89. The highest BCUT2D eigenvalue weighted by Crippen LogP contribution is 2.22. The Hall–Kier alpha value is -2.09. The third-order valence-corrected chi connectivity index (χ3v) is 5.03. The van der Waals surface area contributed by atoms with Gasteiger partial charge >= 0.3 is 5.97 Å². The first-order valence-corrected chi connectivity index (χ1v) is 8.74. The summed E-state index contributed by atoms with van der Waals surface area (Å²) in [5.74, 6) is -0.131. The molecule has 0 aliphatic heterocycles. The summed E-state index contributed by atoms with van der Waals surface area (Å²) in [4.78, 5) is 11.6. The molecular formula is C16H16ClNO5S. The molecule has 0 amide bonds. The Morgan fingerprint density at radius 3 is 2.54 bits per heavy atom. The molecule has 2 aromatic carbocycles. The molecule has 2 aromatic rings. The number of nitrogens with one attached hydrogen (secondary N) is 1. The van der Waals surface area contributed by atoms with Crippen molar-refractivity contribution in [1.82, 2.24) is 4.72 Å². The summed E-state index contributed by atoms with van der Waals surface area (Å²) in [6.45, 7) is 0.0442. The second-order valence-electron chi connectivity index (χ2n) is 4.77. The SMILES string of the molecule is COC(=O)c1cc(S(=O)(=O)NCc2ccccc2OC)ccc1Cl. The minimum absolute atomic E-state index is 0.0145. The number of sulfonamides is 1. The van der Waals surface area contributed by atoms with Crippen LogP contribution in [0.25, 0.3) is 0 Å². The van der Waals surface area contributed by atoms with E-state index in [4.69, 9.17) is 16.3 Å². The summed E-state index contributed by atoms with van der Waals surface area (Å²) >= 11 is 5.90. The van der Waals surface area contributed by atoms with Crippen molar-refractivity contribution in [3.05, 3.63) is 58.6 Å². The Balaban J connectivity index is 2.26. The van der Waals surface area contributed by atoms with Gasteiger partial charge in [0.15, 0.2) is 0 Å². The van der Waals surface area contributed by atoms with Gasteiger partial charge in [-0.25, -0.2) is 17.9 Å². The number of hydrogen-bond acceptors (Lipinski definition) is 5. The van der Waals surface area contributed by atoms with E-state index < -0.39 is 16.0 Å². The van der Waals surface area contributed by atoms with Gasteiger partial charge in [0.05, 0.1) is 29.7 Å². The molecule has 0 unspecified atom stereocenters. The Labute approximate surface area is 145 Å². The first-order chi connectivity index (χ1) is 11.4. The lowest BCUT2D eigenvalue weighted by atomic mass is 10.2. The fraction of sp³-hybridized carbons (Fsp3) is 0.188. The minimum Gasteiger partial charge on any atom is -0.496 e. The quantitative estimate of drug-likeness (QED) is 0.791. The maximum absolute atomic E-state index is 12.4. The zero-order chi connectivity index (χ0) is 17.7. The van der Waals surface area contributed by atoms with Crippen LogP contribution in [0.1, 0.15) is 15.9 Å². The monoisotopic (exact) mass is 369 g/mol. The van der Waals surface area contributed by atoms with Crippen LogP contribution in [0.4, 0.5) is 0 Å². The topological polar surface area (TPSA) is 81.7 Å². The van der Waals surface area contributed by atoms with Crippen LogP contribution in [-0.4, -0.2) is 28.6 Å².